The van der Waals surface area contributed by atoms with Crippen molar-refractivity contribution in [3.63, 3.8) is 0 Å². The highest BCUT2D eigenvalue weighted by Crippen LogP contribution is 2.27. The van der Waals surface area contributed by atoms with Crippen molar-refractivity contribution in [3.05, 3.63) is 63.3 Å². The van der Waals surface area contributed by atoms with Crippen molar-refractivity contribution in [2.24, 2.45) is 5.41 Å². The number of pyridine rings is 1. The number of hydrogen-bond acceptors (Lipinski definition) is 3. The fraction of sp³-hybridized carbons (Fsp3) is 0.278. The number of rotatable bonds is 3. The van der Waals surface area contributed by atoms with Crippen molar-refractivity contribution < 1.29 is 0 Å². The maximum Gasteiger partial charge on any atom is 0.350 e. The number of hydrogen-bond donors (Lipinski definition) is 0. The van der Waals surface area contributed by atoms with E-state index in [9.17, 15) is 4.79 Å². The fourth-order valence-corrected chi connectivity index (χ4v) is 2.84. The predicted octanol–water partition coefficient (Wildman–Crippen LogP) is 4.45. The number of nitrogens with zero attached hydrogens (tertiary/aromatic N) is 4. The summed E-state index contributed by atoms with van der Waals surface area (Å²) >= 11 is 12.3. The number of benzene rings is 1. The SMILES string of the molecule is CC(C)(C)Cn1nc(-c2ccncc2Cl)n(-c2ccc(Cl)cc2)c1=O. The maximum absolute atomic E-state index is 13.0. The molecule has 0 N–H and O–H groups in total. The number of halogens is 2. The molecule has 0 fully saturated rings. The van der Waals surface area contributed by atoms with Crippen LogP contribution in [0.25, 0.3) is 17.1 Å². The Kier molecular flexibility index (Phi) is 4.71. The number of aromatic nitrogens is 4. The van der Waals surface area contributed by atoms with Crippen LogP contribution in [0.5, 0.6) is 0 Å². The lowest BCUT2D eigenvalue weighted by atomic mass is 9.97. The van der Waals surface area contributed by atoms with Crippen molar-refractivity contribution in [2.45, 2.75) is 27.3 Å². The van der Waals surface area contributed by atoms with Gasteiger partial charge in [-0.05, 0) is 35.7 Å². The molecule has 3 aromatic rings. The van der Waals surface area contributed by atoms with E-state index in [-0.39, 0.29) is 11.1 Å². The Balaban J connectivity index is 2.26. The topological polar surface area (TPSA) is 52.7 Å². The first-order chi connectivity index (χ1) is 11.8. The maximum atomic E-state index is 13.0. The first-order valence-electron chi connectivity index (χ1n) is 7.82. The van der Waals surface area contributed by atoms with Crippen LogP contribution < -0.4 is 5.69 Å². The molecular formula is C18H18Cl2N4O. The Morgan fingerprint density at radius 1 is 1.08 bits per heavy atom. The molecule has 2 heterocycles. The molecule has 1 aromatic carbocycles. The molecule has 25 heavy (non-hydrogen) atoms. The van der Waals surface area contributed by atoms with Crippen LogP contribution >= 0.6 is 23.2 Å². The molecule has 0 aliphatic rings. The molecule has 7 heteroatoms. The molecular weight excluding hydrogens is 359 g/mol. The van der Waals surface area contributed by atoms with E-state index < -0.39 is 0 Å². The molecule has 0 amide bonds. The van der Waals surface area contributed by atoms with Gasteiger partial charge in [0, 0.05) is 23.0 Å². The van der Waals surface area contributed by atoms with Crippen LogP contribution in [0.2, 0.25) is 10.0 Å². The van der Waals surface area contributed by atoms with Crippen molar-refractivity contribution in [3.8, 4) is 17.1 Å². The summed E-state index contributed by atoms with van der Waals surface area (Å²) in [6.07, 6.45) is 3.16. The van der Waals surface area contributed by atoms with E-state index >= 15 is 0 Å². The van der Waals surface area contributed by atoms with Gasteiger partial charge in [0.25, 0.3) is 0 Å². The van der Waals surface area contributed by atoms with Gasteiger partial charge in [0.05, 0.1) is 17.3 Å². The van der Waals surface area contributed by atoms with Crippen LogP contribution in [-0.2, 0) is 6.54 Å². The molecule has 3 rings (SSSR count). The van der Waals surface area contributed by atoms with Gasteiger partial charge < -0.3 is 0 Å². The first-order valence-corrected chi connectivity index (χ1v) is 8.57. The van der Waals surface area contributed by atoms with E-state index in [1.165, 1.54) is 10.9 Å². The van der Waals surface area contributed by atoms with E-state index in [0.717, 1.165) is 0 Å². The van der Waals surface area contributed by atoms with Crippen molar-refractivity contribution in [1.29, 1.82) is 0 Å². The minimum Gasteiger partial charge on any atom is -0.263 e. The summed E-state index contributed by atoms with van der Waals surface area (Å²) in [5, 5.41) is 5.58. The fourth-order valence-electron chi connectivity index (χ4n) is 2.51. The largest absolute Gasteiger partial charge is 0.350 e. The second-order valence-electron chi connectivity index (χ2n) is 6.99. The molecule has 0 atom stereocenters. The lowest BCUT2D eigenvalue weighted by Gasteiger charge is -2.16. The Labute approximate surface area is 155 Å². The molecule has 0 saturated carbocycles. The molecule has 0 spiro atoms. The van der Waals surface area contributed by atoms with Gasteiger partial charge in [0.1, 0.15) is 0 Å². The zero-order chi connectivity index (χ0) is 18.2. The molecule has 2 aromatic heterocycles. The van der Waals surface area contributed by atoms with Crippen molar-refractivity contribution >= 4 is 23.2 Å². The smallest absolute Gasteiger partial charge is 0.263 e. The first kappa shape index (κ1) is 17.7. The molecule has 0 aliphatic heterocycles. The quantitative estimate of drug-likeness (QED) is 0.678. The van der Waals surface area contributed by atoms with Crippen LogP contribution in [0, 0.1) is 5.41 Å². The summed E-state index contributed by atoms with van der Waals surface area (Å²) in [6, 6.07) is 8.79. The molecule has 0 saturated heterocycles. The Hall–Kier alpha value is -2.11. The van der Waals surface area contributed by atoms with E-state index in [1.807, 2.05) is 0 Å². The molecule has 5 nitrogen and oxygen atoms in total. The third-order valence-electron chi connectivity index (χ3n) is 3.56. The van der Waals surface area contributed by atoms with Gasteiger partial charge in [-0.3, -0.25) is 4.98 Å². The summed E-state index contributed by atoms with van der Waals surface area (Å²) in [4.78, 5) is 17.0. The second kappa shape index (κ2) is 6.65. The second-order valence-corrected chi connectivity index (χ2v) is 7.84. The van der Waals surface area contributed by atoms with Gasteiger partial charge in [0.2, 0.25) is 0 Å². The summed E-state index contributed by atoms with van der Waals surface area (Å²) in [5.74, 6) is 0.476. The van der Waals surface area contributed by atoms with E-state index in [2.05, 4.69) is 30.9 Å². The molecule has 0 bridgehead atoms. The van der Waals surface area contributed by atoms with Crippen molar-refractivity contribution in [2.75, 3.05) is 0 Å². The summed E-state index contributed by atoms with van der Waals surface area (Å²) in [5.41, 5.74) is 1.01. The monoisotopic (exact) mass is 376 g/mol. The Bertz CT molecular complexity index is 952. The van der Waals surface area contributed by atoms with Gasteiger partial charge in [0.15, 0.2) is 5.82 Å². The molecule has 130 valence electrons. The highest BCUT2D eigenvalue weighted by Gasteiger charge is 2.21. The third kappa shape index (κ3) is 3.78. The normalized spacial score (nSPS) is 11.7. The van der Waals surface area contributed by atoms with Crippen molar-refractivity contribution in [1.82, 2.24) is 19.3 Å². The van der Waals surface area contributed by atoms with Crippen LogP contribution in [0.4, 0.5) is 0 Å². The lowest BCUT2D eigenvalue weighted by molar-refractivity contribution is 0.319. The minimum atomic E-state index is -0.222. The van der Waals surface area contributed by atoms with Gasteiger partial charge >= 0.3 is 5.69 Å². The Morgan fingerprint density at radius 2 is 1.76 bits per heavy atom. The highest BCUT2D eigenvalue weighted by molar-refractivity contribution is 6.33. The lowest BCUT2D eigenvalue weighted by Crippen LogP contribution is -2.29. The molecule has 0 radical (unpaired) electrons. The summed E-state index contributed by atoms with van der Waals surface area (Å²) < 4.78 is 3.02. The zero-order valence-corrected chi connectivity index (χ0v) is 15.7. The highest BCUT2D eigenvalue weighted by atomic mass is 35.5. The van der Waals surface area contributed by atoms with E-state index in [1.54, 1.807) is 41.1 Å². The minimum absolute atomic E-state index is 0.0949. The van der Waals surface area contributed by atoms with Gasteiger partial charge in [-0.2, -0.15) is 0 Å². The van der Waals surface area contributed by atoms with Crippen LogP contribution in [0.1, 0.15) is 20.8 Å². The molecule has 0 aliphatic carbocycles. The molecule has 0 unspecified atom stereocenters. The summed E-state index contributed by atoms with van der Waals surface area (Å²) in [6.45, 7) is 6.65. The van der Waals surface area contributed by atoms with Crippen LogP contribution in [0.3, 0.4) is 0 Å². The van der Waals surface area contributed by atoms with Gasteiger partial charge in [-0.1, -0.05) is 44.0 Å². The van der Waals surface area contributed by atoms with E-state index in [4.69, 9.17) is 23.2 Å². The van der Waals surface area contributed by atoms with Crippen LogP contribution in [-0.4, -0.2) is 19.3 Å². The van der Waals surface area contributed by atoms with Gasteiger partial charge in [-0.15, -0.1) is 5.10 Å². The van der Waals surface area contributed by atoms with Crippen LogP contribution in [0.15, 0.2) is 47.5 Å². The average molecular weight is 377 g/mol. The Morgan fingerprint density at radius 3 is 2.36 bits per heavy atom. The third-order valence-corrected chi connectivity index (χ3v) is 4.11. The standard InChI is InChI=1S/C18H18Cl2N4O/c1-18(2,3)11-23-17(25)24(13-6-4-12(19)5-7-13)16(22-23)14-8-9-21-10-15(14)20/h4-10H,11H2,1-3H3. The average Bonchev–Trinajstić information content (AvgIpc) is 2.84. The predicted molar refractivity (Wildman–Crippen MR) is 101 cm³/mol. The van der Waals surface area contributed by atoms with E-state index in [0.29, 0.717) is 33.7 Å². The summed E-state index contributed by atoms with van der Waals surface area (Å²) in [7, 11) is 0. The van der Waals surface area contributed by atoms with Gasteiger partial charge in [-0.25, -0.2) is 14.0 Å². The zero-order valence-electron chi connectivity index (χ0n) is 14.2.